The summed E-state index contributed by atoms with van der Waals surface area (Å²) in [4.78, 5) is 12.3. The second kappa shape index (κ2) is 5.16. The van der Waals surface area contributed by atoms with Crippen LogP contribution < -0.4 is 5.43 Å². The lowest BCUT2D eigenvalue weighted by molar-refractivity contribution is 0.100. The minimum absolute atomic E-state index is 0.0815. The lowest BCUT2D eigenvalue weighted by Crippen LogP contribution is -2.22. The van der Waals surface area contributed by atoms with E-state index < -0.39 is 5.91 Å². The molecular weight excluding hydrogens is 360 g/mol. The fourth-order valence-electron chi connectivity index (χ4n) is 3.49. The number of rotatable bonds is 2. The molecule has 0 aliphatic heterocycles. The quantitative estimate of drug-likeness (QED) is 0.703. The molecule has 0 fully saturated rings. The molecule has 3 N–H and O–H groups in total. The lowest BCUT2D eigenvalue weighted by Gasteiger charge is -2.30. The summed E-state index contributed by atoms with van der Waals surface area (Å²) in [6.07, 6.45) is 6.03. The predicted molar refractivity (Wildman–Crippen MR) is 89.5 cm³/mol. The van der Waals surface area contributed by atoms with E-state index in [9.17, 15) is 15.0 Å². The Balaban J connectivity index is 1.70. The van der Waals surface area contributed by atoms with Crippen molar-refractivity contribution in [1.29, 1.82) is 0 Å². The van der Waals surface area contributed by atoms with E-state index >= 15 is 0 Å². The van der Waals surface area contributed by atoms with E-state index in [4.69, 9.17) is 0 Å². The Hall–Kier alpha value is -2.21. The van der Waals surface area contributed by atoms with Gasteiger partial charge in [-0.3, -0.25) is 10.2 Å². The van der Waals surface area contributed by atoms with Gasteiger partial charge in [-0.25, -0.2) is 0 Å². The van der Waals surface area contributed by atoms with Gasteiger partial charge in [-0.05, 0) is 37.1 Å². The van der Waals surface area contributed by atoms with Crippen LogP contribution in [0.2, 0.25) is 0 Å². The summed E-state index contributed by atoms with van der Waals surface area (Å²) in [6.45, 7) is 0. The highest BCUT2D eigenvalue weighted by Gasteiger charge is 2.38. The van der Waals surface area contributed by atoms with Crippen LogP contribution in [0.25, 0.3) is 0 Å². The Bertz CT molecular complexity index is 786. The summed E-state index contributed by atoms with van der Waals surface area (Å²) in [5.41, 5.74) is 4.49. The number of nitrogens with zero attached hydrogens (tertiary/aromatic N) is 1. The zero-order valence-electron chi connectivity index (χ0n) is 12.2. The molecular formula is C17H15BrN2O3. The number of aromatic nitrogens is 1. The standard InChI is InChI=1S/C17H15BrN2O3/c18-12-7-5-11(6-8-12)15(21)19-20-16(22)13-9-1-2-10(4-3-9)14(13)17(20)23/h1-2,5-10,22-23H,3-4H2,(H,19,21). The molecule has 2 bridgehead atoms. The van der Waals surface area contributed by atoms with Crippen LogP contribution in [0.4, 0.5) is 0 Å². The summed E-state index contributed by atoms with van der Waals surface area (Å²) in [5.74, 6) is -0.349. The maximum Gasteiger partial charge on any atom is 0.270 e. The molecule has 0 saturated carbocycles. The van der Waals surface area contributed by atoms with E-state index in [2.05, 4.69) is 33.5 Å². The van der Waals surface area contributed by atoms with Crippen molar-refractivity contribution in [3.05, 3.63) is 57.6 Å². The predicted octanol–water partition coefficient (Wildman–Crippen LogP) is 3.58. The Morgan fingerprint density at radius 3 is 2.04 bits per heavy atom. The zero-order valence-corrected chi connectivity index (χ0v) is 13.7. The highest BCUT2D eigenvalue weighted by Crippen LogP contribution is 2.53. The molecule has 1 heterocycles. The van der Waals surface area contributed by atoms with Gasteiger partial charge in [-0.15, -0.1) is 0 Å². The average molecular weight is 375 g/mol. The molecule has 1 aromatic heterocycles. The van der Waals surface area contributed by atoms with Crippen molar-refractivity contribution in [2.75, 3.05) is 5.43 Å². The molecule has 0 spiro atoms. The van der Waals surface area contributed by atoms with Gasteiger partial charge < -0.3 is 10.2 Å². The zero-order chi connectivity index (χ0) is 16.1. The van der Waals surface area contributed by atoms with E-state index in [0.717, 1.165) is 33.1 Å². The third-order valence-electron chi connectivity index (χ3n) is 4.62. The number of fused-ring (bicyclic) bond motifs is 1. The average Bonchev–Trinajstić information content (AvgIpc) is 2.83. The number of allylic oxidation sites excluding steroid dienone is 2. The summed E-state index contributed by atoms with van der Waals surface area (Å²) in [5, 5.41) is 20.9. The highest BCUT2D eigenvalue weighted by molar-refractivity contribution is 9.10. The molecule has 1 aromatic carbocycles. The van der Waals surface area contributed by atoms with Crippen LogP contribution in [0.5, 0.6) is 11.8 Å². The third-order valence-corrected chi connectivity index (χ3v) is 5.15. The van der Waals surface area contributed by atoms with Gasteiger partial charge in [0.2, 0.25) is 11.8 Å². The first-order valence-corrected chi connectivity index (χ1v) is 8.27. The Morgan fingerprint density at radius 2 is 1.57 bits per heavy atom. The number of hydrogen-bond acceptors (Lipinski definition) is 3. The lowest BCUT2D eigenvalue weighted by atomic mass is 9.73. The minimum atomic E-state index is -0.393. The molecule has 0 radical (unpaired) electrons. The maximum absolute atomic E-state index is 12.3. The molecule has 0 saturated heterocycles. The van der Waals surface area contributed by atoms with Gasteiger partial charge in [0.25, 0.3) is 5.91 Å². The van der Waals surface area contributed by atoms with E-state index in [-0.39, 0.29) is 23.6 Å². The topological polar surface area (TPSA) is 74.5 Å². The molecule has 2 aromatic rings. The normalized spacial score (nSPS) is 21.3. The van der Waals surface area contributed by atoms with Crippen molar-refractivity contribution in [2.45, 2.75) is 24.7 Å². The third kappa shape index (κ3) is 2.16. The van der Waals surface area contributed by atoms with Crippen molar-refractivity contribution < 1.29 is 15.0 Å². The number of nitrogens with one attached hydrogen (secondary N) is 1. The molecule has 3 aliphatic carbocycles. The first kappa shape index (κ1) is 14.4. The molecule has 1 amide bonds. The van der Waals surface area contributed by atoms with E-state index in [1.54, 1.807) is 24.3 Å². The second-order valence-electron chi connectivity index (χ2n) is 5.93. The minimum Gasteiger partial charge on any atom is -0.493 e. The smallest absolute Gasteiger partial charge is 0.270 e. The van der Waals surface area contributed by atoms with Crippen LogP contribution in [0, 0.1) is 0 Å². The number of benzene rings is 1. The van der Waals surface area contributed by atoms with Gasteiger partial charge in [-0.1, -0.05) is 28.1 Å². The highest BCUT2D eigenvalue weighted by atomic mass is 79.9. The van der Waals surface area contributed by atoms with Crippen LogP contribution >= 0.6 is 15.9 Å². The Morgan fingerprint density at radius 1 is 1.04 bits per heavy atom. The van der Waals surface area contributed by atoms with Crippen molar-refractivity contribution in [2.24, 2.45) is 0 Å². The first-order valence-electron chi connectivity index (χ1n) is 7.48. The van der Waals surface area contributed by atoms with E-state index in [1.165, 1.54) is 0 Å². The van der Waals surface area contributed by atoms with Crippen LogP contribution in [-0.4, -0.2) is 20.8 Å². The van der Waals surface area contributed by atoms with Gasteiger partial charge in [0.05, 0.1) is 0 Å². The van der Waals surface area contributed by atoms with Crippen molar-refractivity contribution in [3.8, 4) is 11.8 Å². The fourth-order valence-corrected chi connectivity index (χ4v) is 3.75. The van der Waals surface area contributed by atoms with Crippen molar-refractivity contribution >= 4 is 21.8 Å². The van der Waals surface area contributed by atoms with Crippen LogP contribution in [0.1, 0.15) is 46.2 Å². The van der Waals surface area contributed by atoms with Crippen LogP contribution in [-0.2, 0) is 0 Å². The second-order valence-corrected chi connectivity index (χ2v) is 6.85. The van der Waals surface area contributed by atoms with Gasteiger partial charge in [-0.2, -0.15) is 4.68 Å². The van der Waals surface area contributed by atoms with Gasteiger partial charge in [0.1, 0.15) is 0 Å². The Kier molecular flexibility index (Phi) is 3.23. The van der Waals surface area contributed by atoms with Gasteiger partial charge in [0, 0.05) is 33.0 Å². The van der Waals surface area contributed by atoms with Gasteiger partial charge >= 0.3 is 0 Å². The number of hydrogen-bond donors (Lipinski definition) is 3. The van der Waals surface area contributed by atoms with Crippen molar-refractivity contribution in [1.82, 2.24) is 4.68 Å². The van der Waals surface area contributed by atoms with E-state index in [1.807, 2.05) is 0 Å². The largest absolute Gasteiger partial charge is 0.493 e. The molecule has 6 heteroatoms. The maximum atomic E-state index is 12.3. The molecule has 2 unspecified atom stereocenters. The monoisotopic (exact) mass is 374 g/mol. The molecule has 5 rings (SSSR count). The molecule has 5 nitrogen and oxygen atoms in total. The summed E-state index contributed by atoms with van der Waals surface area (Å²) < 4.78 is 1.96. The SMILES string of the molecule is O=C(Nn1c(O)c2c(c1O)C1C=CC2CC1)c1ccc(Br)cc1. The van der Waals surface area contributed by atoms with Crippen LogP contribution in [0.3, 0.4) is 0 Å². The van der Waals surface area contributed by atoms with E-state index in [0.29, 0.717) is 5.56 Å². The summed E-state index contributed by atoms with van der Waals surface area (Å²) in [7, 11) is 0. The number of amides is 1. The van der Waals surface area contributed by atoms with Crippen molar-refractivity contribution in [3.63, 3.8) is 0 Å². The Labute approximate surface area is 141 Å². The molecule has 2 atom stereocenters. The van der Waals surface area contributed by atoms with Gasteiger partial charge in [0.15, 0.2) is 0 Å². The summed E-state index contributed by atoms with van der Waals surface area (Å²) >= 11 is 3.32. The molecule has 3 aliphatic rings. The number of aromatic hydroxyl groups is 2. The first-order chi connectivity index (χ1) is 11.1. The summed E-state index contributed by atoms with van der Waals surface area (Å²) in [6, 6.07) is 6.86. The number of halogens is 1. The number of carbonyl (C=O) groups is 1. The fraction of sp³-hybridized carbons (Fsp3) is 0.235. The van der Waals surface area contributed by atoms with Crippen LogP contribution in [0.15, 0.2) is 40.9 Å². The molecule has 23 heavy (non-hydrogen) atoms. The number of carbonyl (C=O) groups excluding carboxylic acids is 1. The molecule has 118 valence electrons.